The van der Waals surface area contributed by atoms with E-state index >= 15 is 0 Å². The Balaban J connectivity index is 4.36. The normalized spacial score (nSPS) is 18.2. The van der Waals surface area contributed by atoms with E-state index in [0.29, 0.717) is 6.04 Å². The number of hydrogen-bond acceptors (Lipinski definition) is 2. The van der Waals surface area contributed by atoms with E-state index in [-0.39, 0.29) is 0 Å². The molecule has 0 bridgehead atoms. The van der Waals surface area contributed by atoms with Crippen molar-refractivity contribution in [3.63, 3.8) is 0 Å². The minimum atomic E-state index is 0.657. The van der Waals surface area contributed by atoms with Gasteiger partial charge in [-0.05, 0) is 11.8 Å². The standard InChI is InChI=1S/C12H28N2/c1-7-10(4)12(11(5)8-2)14(6)13-9-3/h10-13H,7-9H2,1-6H3. The zero-order valence-corrected chi connectivity index (χ0v) is 10.8. The summed E-state index contributed by atoms with van der Waals surface area (Å²) in [4.78, 5) is 0. The molecule has 0 aliphatic carbocycles. The SMILES string of the molecule is CCNN(C)C(C(C)CC)C(C)CC. The summed E-state index contributed by atoms with van der Waals surface area (Å²) in [6.07, 6.45) is 2.51. The van der Waals surface area contributed by atoms with Gasteiger partial charge in [0, 0.05) is 19.6 Å². The van der Waals surface area contributed by atoms with Crippen LogP contribution in [0.25, 0.3) is 0 Å². The van der Waals surface area contributed by atoms with Gasteiger partial charge in [0.15, 0.2) is 0 Å². The van der Waals surface area contributed by atoms with Crippen LogP contribution in [0.4, 0.5) is 0 Å². The first kappa shape index (κ1) is 13.9. The highest BCUT2D eigenvalue weighted by molar-refractivity contribution is 4.77. The molecule has 86 valence electrons. The molecular formula is C12H28N2. The molecule has 2 nitrogen and oxygen atoms in total. The minimum absolute atomic E-state index is 0.657. The summed E-state index contributed by atoms with van der Waals surface area (Å²) in [5, 5.41) is 2.31. The van der Waals surface area contributed by atoms with Gasteiger partial charge in [0.1, 0.15) is 0 Å². The van der Waals surface area contributed by atoms with Gasteiger partial charge in [0.05, 0.1) is 0 Å². The summed E-state index contributed by atoms with van der Waals surface area (Å²) in [6, 6.07) is 0.657. The first-order chi connectivity index (χ1) is 6.58. The summed E-state index contributed by atoms with van der Waals surface area (Å²) in [6.45, 7) is 12.4. The van der Waals surface area contributed by atoms with Crippen LogP contribution >= 0.6 is 0 Å². The first-order valence-corrected chi connectivity index (χ1v) is 6.04. The predicted molar refractivity (Wildman–Crippen MR) is 64.1 cm³/mol. The Morgan fingerprint density at radius 1 is 1.00 bits per heavy atom. The van der Waals surface area contributed by atoms with Crippen molar-refractivity contribution >= 4 is 0 Å². The molecule has 1 N–H and O–H groups in total. The largest absolute Gasteiger partial charge is 0.255 e. The topological polar surface area (TPSA) is 15.3 Å². The van der Waals surface area contributed by atoms with Crippen LogP contribution in [0.15, 0.2) is 0 Å². The monoisotopic (exact) mass is 200 g/mol. The summed E-state index contributed by atoms with van der Waals surface area (Å²) in [5.74, 6) is 1.52. The molecule has 0 saturated carbocycles. The molecule has 2 atom stereocenters. The van der Waals surface area contributed by atoms with E-state index in [0.717, 1.165) is 18.4 Å². The first-order valence-electron chi connectivity index (χ1n) is 6.04. The van der Waals surface area contributed by atoms with Crippen molar-refractivity contribution in [2.45, 2.75) is 53.5 Å². The van der Waals surface area contributed by atoms with Crippen LogP contribution in [-0.4, -0.2) is 24.6 Å². The van der Waals surface area contributed by atoms with Crippen LogP contribution in [0.2, 0.25) is 0 Å². The van der Waals surface area contributed by atoms with Gasteiger partial charge in [0.25, 0.3) is 0 Å². The summed E-state index contributed by atoms with van der Waals surface area (Å²) in [5.41, 5.74) is 3.41. The fraction of sp³-hybridized carbons (Fsp3) is 1.00. The Morgan fingerprint density at radius 3 is 1.71 bits per heavy atom. The molecule has 14 heavy (non-hydrogen) atoms. The van der Waals surface area contributed by atoms with Crippen LogP contribution in [0.1, 0.15) is 47.5 Å². The molecule has 0 aromatic carbocycles. The lowest BCUT2D eigenvalue weighted by Gasteiger charge is -2.36. The number of nitrogens with zero attached hydrogens (tertiary/aromatic N) is 1. The third-order valence-corrected chi connectivity index (χ3v) is 3.31. The number of hydrazine groups is 1. The summed E-state index contributed by atoms with van der Waals surface area (Å²) >= 11 is 0. The summed E-state index contributed by atoms with van der Waals surface area (Å²) < 4.78 is 0. The van der Waals surface area contributed by atoms with E-state index < -0.39 is 0 Å². The molecule has 0 saturated heterocycles. The van der Waals surface area contributed by atoms with Crippen molar-refractivity contribution < 1.29 is 0 Å². The van der Waals surface area contributed by atoms with E-state index in [1.54, 1.807) is 0 Å². The minimum Gasteiger partial charge on any atom is -0.255 e. The molecule has 0 aliphatic rings. The molecule has 0 radical (unpaired) electrons. The lowest BCUT2D eigenvalue weighted by molar-refractivity contribution is 0.0775. The zero-order chi connectivity index (χ0) is 11.1. The van der Waals surface area contributed by atoms with E-state index in [1.807, 2.05) is 0 Å². The maximum absolute atomic E-state index is 3.41. The maximum atomic E-state index is 3.41. The molecule has 2 unspecified atom stereocenters. The number of rotatable bonds is 7. The van der Waals surface area contributed by atoms with Gasteiger partial charge in [-0.2, -0.15) is 0 Å². The van der Waals surface area contributed by atoms with Crippen molar-refractivity contribution in [1.82, 2.24) is 10.4 Å². The van der Waals surface area contributed by atoms with E-state index in [1.165, 1.54) is 12.8 Å². The van der Waals surface area contributed by atoms with Crippen molar-refractivity contribution in [2.24, 2.45) is 11.8 Å². The Morgan fingerprint density at radius 2 is 1.43 bits per heavy atom. The molecule has 0 aliphatic heterocycles. The molecule has 0 rings (SSSR count). The molecule has 0 aromatic heterocycles. The van der Waals surface area contributed by atoms with Crippen molar-refractivity contribution in [2.75, 3.05) is 13.6 Å². The van der Waals surface area contributed by atoms with Gasteiger partial charge in [-0.15, -0.1) is 0 Å². The predicted octanol–water partition coefficient (Wildman–Crippen LogP) is 2.90. The second kappa shape index (κ2) is 7.24. The Hall–Kier alpha value is -0.0800. The number of hydrogen-bond donors (Lipinski definition) is 1. The Labute approximate surface area is 90.0 Å². The van der Waals surface area contributed by atoms with Crippen LogP contribution in [0, 0.1) is 11.8 Å². The van der Waals surface area contributed by atoms with Gasteiger partial charge in [0.2, 0.25) is 0 Å². The lowest BCUT2D eigenvalue weighted by Crippen LogP contribution is -2.48. The van der Waals surface area contributed by atoms with Crippen LogP contribution in [0.3, 0.4) is 0 Å². The Kier molecular flexibility index (Phi) is 7.20. The Bertz CT molecular complexity index is 126. The molecule has 0 spiro atoms. The van der Waals surface area contributed by atoms with Gasteiger partial charge >= 0.3 is 0 Å². The molecule has 0 heterocycles. The molecule has 0 amide bonds. The third-order valence-electron chi connectivity index (χ3n) is 3.31. The zero-order valence-electron chi connectivity index (χ0n) is 10.8. The van der Waals surface area contributed by atoms with Crippen molar-refractivity contribution in [3.05, 3.63) is 0 Å². The van der Waals surface area contributed by atoms with Crippen molar-refractivity contribution in [1.29, 1.82) is 0 Å². The molecule has 0 fully saturated rings. The van der Waals surface area contributed by atoms with E-state index in [9.17, 15) is 0 Å². The average Bonchev–Trinajstić information content (AvgIpc) is 2.17. The summed E-state index contributed by atoms with van der Waals surface area (Å²) in [7, 11) is 2.17. The maximum Gasteiger partial charge on any atom is 0.0291 e. The fourth-order valence-electron chi connectivity index (χ4n) is 2.16. The van der Waals surface area contributed by atoms with Crippen LogP contribution < -0.4 is 5.43 Å². The quantitative estimate of drug-likeness (QED) is 0.636. The fourth-order valence-corrected chi connectivity index (χ4v) is 2.16. The second-order valence-corrected chi connectivity index (χ2v) is 4.38. The van der Waals surface area contributed by atoms with Gasteiger partial charge in [-0.25, -0.2) is 5.01 Å². The highest BCUT2D eigenvalue weighted by Crippen LogP contribution is 2.22. The van der Waals surface area contributed by atoms with E-state index in [4.69, 9.17) is 0 Å². The molecule has 0 aromatic rings. The third kappa shape index (κ3) is 3.97. The lowest BCUT2D eigenvalue weighted by atomic mass is 9.87. The second-order valence-electron chi connectivity index (χ2n) is 4.38. The van der Waals surface area contributed by atoms with E-state index in [2.05, 4.69) is 52.1 Å². The average molecular weight is 200 g/mol. The molecular weight excluding hydrogens is 172 g/mol. The highest BCUT2D eigenvalue weighted by atomic mass is 15.5. The molecule has 2 heteroatoms. The highest BCUT2D eigenvalue weighted by Gasteiger charge is 2.24. The van der Waals surface area contributed by atoms with Gasteiger partial charge in [-0.3, -0.25) is 5.43 Å². The van der Waals surface area contributed by atoms with Gasteiger partial charge in [-0.1, -0.05) is 47.5 Å². The number of nitrogens with one attached hydrogen (secondary N) is 1. The van der Waals surface area contributed by atoms with Crippen LogP contribution in [0.5, 0.6) is 0 Å². The van der Waals surface area contributed by atoms with Crippen LogP contribution in [-0.2, 0) is 0 Å². The smallest absolute Gasteiger partial charge is 0.0291 e. The van der Waals surface area contributed by atoms with Gasteiger partial charge < -0.3 is 0 Å². The van der Waals surface area contributed by atoms with Crippen molar-refractivity contribution in [3.8, 4) is 0 Å².